The average molecular weight is 515 g/mol. The van der Waals surface area contributed by atoms with Crippen LogP contribution in [-0.4, -0.2) is 56.2 Å². The summed E-state index contributed by atoms with van der Waals surface area (Å²) in [6.45, 7) is 3.22. The van der Waals surface area contributed by atoms with Gasteiger partial charge in [0.1, 0.15) is 29.7 Å². The first-order valence-corrected chi connectivity index (χ1v) is 13.7. The number of ether oxygens (including phenoxy) is 1. The van der Waals surface area contributed by atoms with Gasteiger partial charge in [-0.1, -0.05) is 45.4 Å². The van der Waals surface area contributed by atoms with Gasteiger partial charge in [0.2, 0.25) is 0 Å². The lowest BCUT2D eigenvalue weighted by Gasteiger charge is -2.37. The number of rotatable bonds is 8. The van der Waals surface area contributed by atoms with Gasteiger partial charge >= 0.3 is 19.4 Å². The molecule has 13 heteroatoms. The molecule has 1 aliphatic carbocycles. The predicted molar refractivity (Wildman–Crippen MR) is 125 cm³/mol. The van der Waals surface area contributed by atoms with Crippen LogP contribution >= 0.6 is 7.75 Å². The minimum Gasteiger partial charge on any atom is -0.480 e. The van der Waals surface area contributed by atoms with Gasteiger partial charge in [-0.2, -0.15) is 4.98 Å². The quantitative estimate of drug-likeness (QED) is 0.374. The molecule has 3 aliphatic rings. The summed E-state index contributed by atoms with van der Waals surface area (Å²) in [5, 5.41) is 23.7. The Labute approximate surface area is 203 Å². The molecule has 7 atom stereocenters. The van der Waals surface area contributed by atoms with Crippen LogP contribution in [0.25, 0.3) is 0 Å². The van der Waals surface area contributed by atoms with Crippen LogP contribution in [0.15, 0.2) is 17.1 Å². The van der Waals surface area contributed by atoms with Crippen LogP contribution in [0, 0.1) is 11.8 Å². The molecule has 196 valence electrons. The molecular weight excluding hydrogens is 479 g/mol. The number of aromatic nitrogens is 2. The van der Waals surface area contributed by atoms with Gasteiger partial charge in [-0.3, -0.25) is 18.4 Å². The van der Waals surface area contributed by atoms with Crippen molar-refractivity contribution in [2.24, 2.45) is 11.8 Å². The summed E-state index contributed by atoms with van der Waals surface area (Å²) >= 11 is 0. The van der Waals surface area contributed by atoms with Crippen molar-refractivity contribution in [1.29, 1.82) is 0 Å². The Kier molecular flexibility index (Phi) is 7.71. The fraction of sp³-hybridized carbons (Fsp3) is 0.773. The van der Waals surface area contributed by atoms with Crippen LogP contribution in [0.1, 0.15) is 65.0 Å². The van der Waals surface area contributed by atoms with Gasteiger partial charge in [0, 0.05) is 6.20 Å². The third-order valence-corrected chi connectivity index (χ3v) is 9.10. The Morgan fingerprint density at radius 3 is 2.74 bits per heavy atom. The van der Waals surface area contributed by atoms with E-state index in [9.17, 15) is 24.4 Å². The molecule has 4 rings (SSSR count). The minimum absolute atomic E-state index is 0.0212. The van der Waals surface area contributed by atoms with E-state index in [1.165, 1.54) is 25.6 Å². The van der Waals surface area contributed by atoms with Crippen LogP contribution in [0.2, 0.25) is 0 Å². The van der Waals surface area contributed by atoms with Crippen molar-refractivity contribution in [2.45, 2.75) is 88.9 Å². The second kappa shape index (κ2) is 10.3. The smallest absolute Gasteiger partial charge is 0.406 e. The number of nitrogens with zero attached hydrogens (tertiary/aromatic N) is 2. The number of fused-ring (bicyclic) bond motifs is 1. The molecule has 0 spiro atoms. The fourth-order valence-corrected chi connectivity index (χ4v) is 7.35. The zero-order chi connectivity index (χ0) is 25.4. The molecule has 3 fully saturated rings. The van der Waals surface area contributed by atoms with Crippen LogP contribution in [0.4, 0.5) is 5.82 Å². The van der Waals surface area contributed by atoms with Crippen molar-refractivity contribution in [3.63, 3.8) is 0 Å². The van der Waals surface area contributed by atoms with E-state index in [1.54, 1.807) is 0 Å². The minimum atomic E-state index is -4.11. The topological polar surface area (TPSA) is 175 Å². The number of hydrogen-bond acceptors (Lipinski definition) is 9. The highest BCUT2D eigenvalue weighted by atomic mass is 31.2. The molecule has 12 nitrogen and oxygen atoms in total. The molecule has 1 saturated carbocycles. The van der Waals surface area contributed by atoms with E-state index in [4.69, 9.17) is 19.5 Å². The highest BCUT2D eigenvalue weighted by molar-refractivity contribution is 7.51. The number of carbonyl (C=O) groups is 1. The number of anilines is 1. The summed E-state index contributed by atoms with van der Waals surface area (Å²) in [5.74, 6) is -0.517. The third-order valence-electron chi connectivity index (χ3n) is 7.47. The Bertz CT molecular complexity index is 1030. The van der Waals surface area contributed by atoms with E-state index in [-0.39, 0.29) is 18.3 Å². The van der Waals surface area contributed by atoms with Crippen molar-refractivity contribution >= 4 is 19.5 Å². The first-order chi connectivity index (χ1) is 16.5. The number of nitrogens with one attached hydrogen (secondary N) is 1. The van der Waals surface area contributed by atoms with Crippen molar-refractivity contribution in [3.8, 4) is 0 Å². The monoisotopic (exact) mass is 514 g/mol. The predicted octanol–water partition coefficient (Wildman–Crippen LogP) is 2.04. The van der Waals surface area contributed by atoms with Crippen LogP contribution in [0.5, 0.6) is 0 Å². The molecule has 0 bridgehead atoms. The largest absolute Gasteiger partial charge is 0.480 e. The second-order valence-electron chi connectivity index (χ2n) is 9.94. The molecule has 0 radical (unpaired) electrons. The normalized spacial score (nSPS) is 35.3. The molecule has 0 aromatic carbocycles. The van der Waals surface area contributed by atoms with Crippen LogP contribution in [-0.2, 0) is 23.1 Å². The van der Waals surface area contributed by atoms with Crippen LogP contribution < -0.4 is 16.5 Å². The average Bonchev–Trinajstić information content (AvgIpc) is 3.06. The molecule has 1 aromatic rings. The highest BCUT2D eigenvalue weighted by Crippen LogP contribution is 2.56. The van der Waals surface area contributed by atoms with Gasteiger partial charge < -0.3 is 20.7 Å². The molecule has 1 aromatic heterocycles. The summed E-state index contributed by atoms with van der Waals surface area (Å²) in [5.41, 5.74) is 3.03. The number of aliphatic carboxylic acids is 1. The first kappa shape index (κ1) is 26.2. The Morgan fingerprint density at radius 1 is 1.40 bits per heavy atom. The summed E-state index contributed by atoms with van der Waals surface area (Å²) in [4.78, 5) is 28.0. The van der Waals surface area contributed by atoms with E-state index in [1.807, 2.05) is 6.92 Å². The Morgan fingerprint density at radius 2 is 2.11 bits per heavy atom. The second-order valence-corrected chi connectivity index (χ2v) is 11.7. The number of hydrogen-bond donors (Lipinski definition) is 4. The highest BCUT2D eigenvalue weighted by Gasteiger charge is 2.60. The molecule has 35 heavy (non-hydrogen) atoms. The maximum atomic E-state index is 13.5. The van der Waals surface area contributed by atoms with Gasteiger partial charge in [0.25, 0.3) is 0 Å². The van der Waals surface area contributed by atoms with Crippen molar-refractivity contribution in [1.82, 2.24) is 14.6 Å². The molecule has 3 heterocycles. The third kappa shape index (κ3) is 5.47. The molecular formula is C22H35N4O8P. The van der Waals surface area contributed by atoms with Gasteiger partial charge in [-0.25, -0.2) is 14.4 Å². The number of nitrogens with two attached hydrogens (primary N) is 1. The lowest BCUT2D eigenvalue weighted by atomic mass is 9.76. The molecule has 2 unspecified atom stereocenters. The fourth-order valence-electron chi connectivity index (χ4n) is 5.56. The SMILES string of the molecule is CCC(C[C@H](NP1(=O)OC[C@H]2O[C@@H](n3ccc(N)nc3=O)[C@](C)(O)[C@@H]2O1)C(=O)O)C1CCCCC1. The zero-order valence-corrected chi connectivity index (χ0v) is 20.9. The summed E-state index contributed by atoms with van der Waals surface area (Å²) in [7, 11) is -4.11. The van der Waals surface area contributed by atoms with Gasteiger partial charge in [0.05, 0.1) is 6.61 Å². The standard InChI is InChI=1S/C22H35N4O8P/c1-3-13(14-7-5-4-6-8-14)11-15(19(27)28)25-35(31)32-12-16-18(34-35)22(2,30)20(33-16)26-10-9-17(23)24-21(26)29/h9-10,13-16,18,20,30H,3-8,11-12H2,1-2H3,(H,25,31)(H,27,28)(H2,23,24,29)/t13?,15-,16+,18+,20+,22+,35?/m0/s1. The molecule has 5 N–H and O–H groups in total. The number of carboxylic acid groups (broad SMARTS) is 1. The molecule has 2 aliphatic heterocycles. The van der Waals surface area contributed by atoms with Crippen molar-refractivity contribution < 1.29 is 33.4 Å². The van der Waals surface area contributed by atoms with Gasteiger partial charge in [0.15, 0.2) is 6.23 Å². The van der Waals surface area contributed by atoms with E-state index in [2.05, 4.69) is 10.1 Å². The lowest BCUT2D eigenvalue weighted by Crippen LogP contribution is -2.50. The van der Waals surface area contributed by atoms with Gasteiger partial charge in [-0.15, -0.1) is 0 Å². The van der Waals surface area contributed by atoms with Crippen molar-refractivity contribution in [2.75, 3.05) is 12.3 Å². The van der Waals surface area contributed by atoms with Crippen molar-refractivity contribution in [3.05, 3.63) is 22.7 Å². The lowest BCUT2D eigenvalue weighted by molar-refractivity contribution is -0.140. The van der Waals surface area contributed by atoms with E-state index in [0.29, 0.717) is 12.3 Å². The van der Waals surface area contributed by atoms with E-state index in [0.717, 1.165) is 36.7 Å². The Balaban J connectivity index is 1.49. The molecule has 0 amide bonds. The first-order valence-electron chi connectivity index (χ1n) is 12.2. The van der Waals surface area contributed by atoms with Crippen LogP contribution in [0.3, 0.4) is 0 Å². The summed E-state index contributed by atoms with van der Waals surface area (Å²) in [6, 6.07) is 0.247. The Hall–Kier alpha value is -1.82. The molecule has 2 saturated heterocycles. The number of aliphatic hydroxyl groups is 1. The summed E-state index contributed by atoms with van der Waals surface area (Å²) in [6.07, 6.45) is 4.91. The number of nitrogen functional groups attached to an aromatic ring is 1. The zero-order valence-electron chi connectivity index (χ0n) is 20.0. The number of carboxylic acids is 1. The van der Waals surface area contributed by atoms with Gasteiger partial charge in [-0.05, 0) is 31.2 Å². The van der Waals surface area contributed by atoms with E-state index >= 15 is 0 Å². The summed E-state index contributed by atoms with van der Waals surface area (Å²) < 4.78 is 31.5. The maximum Gasteiger partial charge on any atom is 0.406 e. The maximum absolute atomic E-state index is 13.5. The van der Waals surface area contributed by atoms with E-state index < -0.39 is 49.5 Å².